The number of nitrogens with zero attached hydrogens (tertiary/aromatic N) is 2. The van der Waals surface area contributed by atoms with Gasteiger partial charge in [0.15, 0.2) is 5.69 Å². The Kier molecular flexibility index (Phi) is 5.35. The number of hydrogen-bond acceptors (Lipinski definition) is 7. The van der Waals surface area contributed by atoms with Gasteiger partial charge in [-0.3, -0.25) is 0 Å². The second kappa shape index (κ2) is 8.05. The zero-order valence-electron chi connectivity index (χ0n) is 14.7. The van der Waals surface area contributed by atoms with Gasteiger partial charge in [0.25, 0.3) is 0 Å². The normalized spacial score (nSPS) is 10.2. The summed E-state index contributed by atoms with van der Waals surface area (Å²) in [5, 5.41) is 33.3. The Balaban J connectivity index is 2.01. The maximum Gasteiger partial charge on any atom is 0.354 e. The van der Waals surface area contributed by atoms with E-state index in [1.54, 1.807) is 24.3 Å². The Hall–Kier alpha value is -4.47. The minimum Gasteiger partial charge on any atom is -0.478 e. The smallest absolute Gasteiger partial charge is 0.354 e. The molecule has 146 valence electrons. The van der Waals surface area contributed by atoms with Crippen LogP contribution >= 0.6 is 0 Å². The van der Waals surface area contributed by atoms with Crippen LogP contribution in [0.15, 0.2) is 54.6 Å². The van der Waals surface area contributed by atoms with Gasteiger partial charge in [-0.1, -0.05) is 24.3 Å². The van der Waals surface area contributed by atoms with Gasteiger partial charge in [-0.2, -0.15) is 4.98 Å². The average Bonchev–Trinajstić information content (AvgIpc) is 2.68. The van der Waals surface area contributed by atoms with Crippen molar-refractivity contribution in [2.75, 3.05) is 10.6 Å². The van der Waals surface area contributed by atoms with Crippen LogP contribution in [0.4, 0.5) is 23.1 Å². The number of rotatable bonds is 7. The Morgan fingerprint density at radius 2 is 1.21 bits per heavy atom. The summed E-state index contributed by atoms with van der Waals surface area (Å²) in [6.45, 7) is 0. The molecule has 5 N–H and O–H groups in total. The van der Waals surface area contributed by atoms with Crippen LogP contribution in [0.3, 0.4) is 0 Å². The largest absolute Gasteiger partial charge is 0.478 e. The van der Waals surface area contributed by atoms with Crippen LogP contribution in [0.25, 0.3) is 0 Å². The third-order valence-corrected chi connectivity index (χ3v) is 3.77. The van der Waals surface area contributed by atoms with Crippen LogP contribution in [-0.4, -0.2) is 43.2 Å². The number of para-hydroxylation sites is 2. The number of hydrogen-bond donors (Lipinski definition) is 5. The number of benzene rings is 2. The van der Waals surface area contributed by atoms with Crippen molar-refractivity contribution in [1.82, 2.24) is 9.97 Å². The SMILES string of the molecule is O=C(O)c1cc(Nc2ccccc2C(=O)O)nc(Nc2ccccc2C(=O)O)n1. The molecule has 1 aromatic heterocycles. The first-order valence-electron chi connectivity index (χ1n) is 8.16. The van der Waals surface area contributed by atoms with Gasteiger partial charge in [-0.25, -0.2) is 19.4 Å². The molecule has 0 radical (unpaired) electrons. The number of carboxylic acids is 3. The molecule has 0 spiro atoms. The molecule has 0 saturated carbocycles. The highest BCUT2D eigenvalue weighted by atomic mass is 16.4. The highest BCUT2D eigenvalue weighted by Gasteiger charge is 2.16. The van der Waals surface area contributed by atoms with Crippen molar-refractivity contribution in [2.45, 2.75) is 0 Å². The molecule has 3 aromatic rings. The van der Waals surface area contributed by atoms with Crippen molar-refractivity contribution in [3.63, 3.8) is 0 Å². The van der Waals surface area contributed by atoms with E-state index >= 15 is 0 Å². The average molecular weight is 394 g/mol. The lowest BCUT2D eigenvalue weighted by atomic mass is 10.2. The van der Waals surface area contributed by atoms with Gasteiger partial charge in [0, 0.05) is 6.07 Å². The third-order valence-electron chi connectivity index (χ3n) is 3.77. The second-order valence-electron chi connectivity index (χ2n) is 5.72. The van der Waals surface area contributed by atoms with Crippen LogP contribution in [0.2, 0.25) is 0 Å². The number of nitrogens with one attached hydrogen (secondary N) is 2. The summed E-state index contributed by atoms with van der Waals surface area (Å²) in [5.74, 6) is -3.85. The first-order valence-corrected chi connectivity index (χ1v) is 8.16. The van der Waals surface area contributed by atoms with Gasteiger partial charge < -0.3 is 26.0 Å². The number of carboxylic acid groups (broad SMARTS) is 3. The first-order chi connectivity index (χ1) is 13.8. The van der Waals surface area contributed by atoms with Crippen molar-refractivity contribution in [1.29, 1.82) is 0 Å². The Morgan fingerprint density at radius 1 is 0.690 bits per heavy atom. The molecule has 0 amide bonds. The van der Waals surface area contributed by atoms with Crippen molar-refractivity contribution >= 4 is 41.0 Å². The fraction of sp³-hybridized carbons (Fsp3) is 0. The molecule has 0 fully saturated rings. The number of anilines is 4. The summed E-state index contributed by atoms with van der Waals surface area (Å²) >= 11 is 0. The predicted octanol–water partition coefficient (Wildman–Crippen LogP) is 3.06. The van der Waals surface area contributed by atoms with E-state index in [2.05, 4.69) is 20.6 Å². The second-order valence-corrected chi connectivity index (χ2v) is 5.72. The van der Waals surface area contributed by atoms with Gasteiger partial charge in [-0.05, 0) is 24.3 Å². The first kappa shape index (κ1) is 19.3. The van der Waals surface area contributed by atoms with Crippen LogP contribution in [0.5, 0.6) is 0 Å². The van der Waals surface area contributed by atoms with Gasteiger partial charge in [0.1, 0.15) is 5.82 Å². The predicted molar refractivity (Wildman–Crippen MR) is 102 cm³/mol. The number of aromatic carboxylic acids is 3. The monoisotopic (exact) mass is 394 g/mol. The molecule has 0 aliphatic rings. The molecule has 0 aliphatic carbocycles. The zero-order chi connectivity index (χ0) is 21.0. The lowest BCUT2D eigenvalue weighted by Gasteiger charge is -2.12. The van der Waals surface area contributed by atoms with Crippen LogP contribution in [0.1, 0.15) is 31.2 Å². The Labute approximate surface area is 163 Å². The van der Waals surface area contributed by atoms with E-state index in [1.807, 2.05) is 0 Å². The lowest BCUT2D eigenvalue weighted by Crippen LogP contribution is -2.10. The van der Waals surface area contributed by atoms with Crippen molar-refractivity contribution in [2.24, 2.45) is 0 Å². The highest BCUT2D eigenvalue weighted by molar-refractivity contribution is 5.96. The van der Waals surface area contributed by atoms with Crippen molar-refractivity contribution in [3.05, 3.63) is 71.4 Å². The van der Waals surface area contributed by atoms with Gasteiger partial charge >= 0.3 is 17.9 Å². The topological polar surface area (TPSA) is 162 Å². The summed E-state index contributed by atoms with van der Waals surface area (Å²) in [5.41, 5.74) is -0.0896. The highest BCUT2D eigenvalue weighted by Crippen LogP contribution is 2.23. The maximum atomic E-state index is 11.4. The minimum absolute atomic E-state index is 0.0152. The number of aromatic nitrogens is 2. The van der Waals surface area contributed by atoms with E-state index in [1.165, 1.54) is 24.3 Å². The summed E-state index contributed by atoms with van der Waals surface area (Å²) < 4.78 is 0. The molecule has 0 unspecified atom stereocenters. The van der Waals surface area contributed by atoms with Crippen LogP contribution < -0.4 is 10.6 Å². The molecular formula is C19H14N4O6. The summed E-state index contributed by atoms with van der Waals surface area (Å²) in [6.07, 6.45) is 0. The lowest BCUT2D eigenvalue weighted by molar-refractivity contribution is 0.0681. The van der Waals surface area contributed by atoms with E-state index in [4.69, 9.17) is 0 Å². The zero-order valence-corrected chi connectivity index (χ0v) is 14.7. The number of carbonyl (C=O) groups is 3. The standard InChI is InChI=1S/C19H14N4O6/c24-16(25)10-5-1-3-7-12(10)20-15-9-14(18(28)29)22-19(23-15)21-13-8-4-2-6-11(13)17(26)27/h1-9H,(H,24,25)(H,26,27)(H,28,29)(H2,20,21,22,23). The quantitative estimate of drug-likeness (QED) is 0.402. The van der Waals surface area contributed by atoms with E-state index < -0.39 is 17.9 Å². The van der Waals surface area contributed by atoms with Gasteiger partial charge in [0.05, 0.1) is 22.5 Å². The Bertz CT molecular complexity index is 1040. The van der Waals surface area contributed by atoms with E-state index in [9.17, 15) is 29.7 Å². The molecular weight excluding hydrogens is 380 g/mol. The fourth-order valence-electron chi connectivity index (χ4n) is 2.49. The molecule has 10 heteroatoms. The summed E-state index contributed by atoms with van der Waals surface area (Å²) in [7, 11) is 0. The fourth-order valence-corrected chi connectivity index (χ4v) is 2.49. The summed E-state index contributed by atoms with van der Waals surface area (Å²) in [4.78, 5) is 42.1. The van der Waals surface area contributed by atoms with E-state index in [-0.39, 0.29) is 40.0 Å². The van der Waals surface area contributed by atoms with Gasteiger partial charge in [-0.15, -0.1) is 0 Å². The third kappa shape index (κ3) is 4.45. The molecule has 0 saturated heterocycles. The van der Waals surface area contributed by atoms with Crippen LogP contribution in [-0.2, 0) is 0 Å². The summed E-state index contributed by atoms with van der Waals surface area (Å²) in [6, 6.07) is 13.2. The molecule has 10 nitrogen and oxygen atoms in total. The molecule has 1 heterocycles. The molecule has 0 bridgehead atoms. The molecule has 3 rings (SSSR count). The van der Waals surface area contributed by atoms with Crippen LogP contribution in [0, 0.1) is 0 Å². The maximum absolute atomic E-state index is 11.4. The van der Waals surface area contributed by atoms with Gasteiger partial charge in [0.2, 0.25) is 5.95 Å². The molecule has 0 aliphatic heterocycles. The van der Waals surface area contributed by atoms with E-state index in [0.29, 0.717) is 0 Å². The molecule has 29 heavy (non-hydrogen) atoms. The Morgan fingerprint density at radius 3 is 1.72 bits per heavy atom. The van der Waals surface area contributed by atoms with Crippen molar-refractivity contribution in [3.8, 4) is 0 Å². The van der Waals surface area contributed by atoms with E-state index in [0.717, 1.165) is 6.07 Å². The molecule has 0 atom stereocenters. The van der Waals surface area contributed by atoms with Crippen molar-refractivity contribution < 1.29 is 29.7 Å². The minimum atomic E-state index is -1.34. The molecule has 2 aromatic carbocycles.